The van der Waals surface area contributed by atoms with E-state index >= 15 is 0 Å². The van der Waals surface area contributed by atoms with Gasteiger partial charge in [0.25, 0.3) is 0 Å². The molecule has 0 amide bonds. The van der Waals surface area contributed by atoms with Crippen LogP contribution in [-0.2, 0) is 16.1 Å². The molecule has 106 valence electrons. The van der Waals surface area contributed by atoms with E-state index in [2.05, 4.69) is 21.2 Å². The van der Waals surface area contributed by atoms with Crippen LogP contribution in [0.1, 0.15) is 26.3 Å². The summed E-state index contributed by atoms with van der Waals surface area (Å²) in [5.74, 6) is -0.748. The molecule has 0 spiro atoms. The number of nitrogens with one attached hydrogen (secondary N) is 1. The third kappa shape index (κ3) is 5.16. The maximum Gasteiger partial charge on any atom is 0.320 e. The second-order valence-corrected chi connectivity index (χ2v) is 5.91. The Labute approximate surface area is 120 Å². The maximum atomic E-state index is 13.3. The van der Waals surface area contributed by atoms with E-state index in [1.165, 1.54) is 12.1 Å². The van der Waals surface area contributed by atoms with E-state index in [4.69, 9.17) is 10.5 Å². The molecular weight excluding hydrogens is 315 g/mol. The normalized spacial score (nSPS) is 11.4. The van der Waals surface area contributed by atoms with E-state index < -0.39 is 5.60 Å². The third-order valence-corrected chi connectivity index (χ3v) is 3.08. The minimum absolute atomic E-state index is 0.0413. The van der Waals surface area contributed by atoms with Crippen molar-refractivity contribution in [3.05, 3.63) is 28.0 Å². The Hall–Kier alpha value is -1.14. The lowest BCUT2D eigenvalue weighted by atomic mass is 10.1. The van der Waals surface area contributed by atoms with Crippen molar-refractivity contribution in [2.75, 3.05) is 12.3 Å². The Morgan fingerprint density at radius 2 is 2.11 bits per heavy atom. The van der Waals surface area contributed by atoms with Gasteiger partial charge < -0.3 is 15.8 Å². The molecule has 0 heterocycles. The number of nitrogens with two attached hydrogens (primary N) is 1. The Morgan fingerprint density at radius 1 is 1.47 bits per heavy atom. The summed E-state index contributed by atoms with van der Waals surface area (Å²) in [6.45, 7) is 5.72. The molecule has 3 N–H and O–H groups in total. The van der Waals surface area contributed by atoms with Crippen LogP contribution >= 0.6 is 15.9 Å². The molecule has 19 heavy (non-hydrogen) atoms. The zero-order chi connectivity index (χ0) is 14.6. The van der Waals surface area contributed by atoms with Gasteiger partial charge >= 0.3 is 5.97 Å². The number of benzene rings is 1. The van der Waals surface area contributed by atoms with Gasteiger partial charge in [-0.15, -0.1) is 0 Å². The molecule has 1 aromatic rings. The average molecular weight is 333 g/mol. The highest BCUT2D eigenvalue weighted by Crippen LogP contribution is 2.25. The van der Waals surface area contributed by atoms with Crippen molar-refractivity contribution in [2.45, 2.75) is 32.9 Å². The molecule has 0 fully saturated rings. The van der Waals surface area contributed by atoms with Gasteiger partial charge in [0.05, 0.1) is 11.0 Å². The Morgan fingerprint density at radius 3 is 2.68 bits per heavy atom. The van der Waals surface area contributed by atoms with Crippen LogP contribution in [0, 0.1) is 5.82 Å². The van der Waals surface area contributed by atoms with E-state index in [1.807, 2.05) is 0 Å². The first-order chi connectivity index (χ1) is 8.70. The van der Waals surface area contributed by atoms with E-state index in [9.17, 15) is 9.18 Å². The molecule has 4 nitrogen and oxygen atoms in total. The summed E-state index contributed by atoms with van der Waals surface area (Å²) in [4.78, 5) is 11.5. The molecule has 0 saturated heterocycles. The van der Waals surface area contributed by atoms with Crippen molar-refractivity contribution in [3.63, 3.8) is 0 Å². The zero-order valence-electron chi connectivity index (χ0n) is 11.2. The van der Waals surface area contributed by atoms with Gasteiger partial charge in [-0.2, -0.15) is 0 Å². The Balaban J connectivity index is 2.55. The molecule has 0 aliphatic heterocycles. The van der Waals surface area contributed by atoms with E-state index in [1.54, 1.807) is 20.8 Å². The van der Waals surface area contributed by atoms with Gasteiger partial charge in [-0.25, -0.2) is 4.39 Å². The molecule has 6 heteroatoms. The number of esters is 1. The molecule has 0 saturated carbocycles. The highest BCUT2D eigenvalue weighted by Gasteiger charge is 2.16. The number of anilines is 1. The van der Waals surface area contributed by atoms with Crippen LogP contribution in [0.3, 0.4) is 0 Å². The van der Waals surface area contributed by atoms with Crippen molar-refractivity contribution in [2.24, 2.45) is 0 Å². The van der Waals surface area contributed by atoms with Crippen LogP contribution in [0.15, 0.2) is 16.6 Å². The summed E-state index contributed by atoms with van der Waals surface area (Å²) >= 11 is 3.14. The van der Waals surface area contributed by atoms with Crippen molar-refractivity contribution in [1.29, 1.82) is 0 Å². The van der Waals surface area contributed by atoms with Gasteiger partial charge in [-0.1, -0.05) is 0 Å². The lowest BCUT2D eigenvalue weighted by Gasteiger charge is -2.19. The molecule has 1 rings (SSSR count). The smallest absolute Gasteiger partial charge is 0.320 e. The van der Waals surface area contributed by atoms with Gasteiger partial charge in [0.15, 0.2) is 0 Å². The molecule has 0 bridgehead atoms. The Bertz CT molecular complexity index is 472. The molecule has 0 atom stereocenters. The van der Waals surface area contributed by atoms with Crippen LogP contribution in [0.4, 0.5) is 10.1 Å². The van der Waals surface area contributed by atoms with E-state index in [0.29, 0.717) is 15.7 Å². The molecule has 0 radical (unpaired) electrons. The second-order valence-electron chi connectivity index (χ2n) is 5.12. The summed E-state index contributed by atoms with van der Waals surface area (Å²) in [6.07, 6.45) is 0. The Kier molecular flexibility index (Phi) is 5.31. The number of carbonyl (C=O) groups excluding carboxylic acids is 1. The molecule has 0 aromatic heterocycles. The third-order valence-electron chi connectivity index (χ3n) is 2.22. The van der Waals surface area contributed by atoms with Gasteiger partial charge in [-0.3, -0.25) is 4.79 Å². The number of hydrogen-bond acceptors (Lipinski definition) is 4. The fraction of sp³-hybridized carbons (Fsp3) is 0.462. The minimum Gasteiger partial charge on any atom is -0.459 e. The minimum atomic E-state index is -0.517. The van der Waals surface area contributed by atoms with Crippen molar-refractivity contribution in [1.82, 2.24) is 5.32 Å². The first kappa shape index (κ1) is 15.9. The number of halogens is 2. The van der Waals surface area contributed by atoms with Crippen LogP contribution < -0.4 is 11.1 Å². The number of nitrogen functional groups attached to an aromatic ring is 1. The number of hydrogen-bond donors (Lipinski definition) is 2. The predicted molar refractivity (Wildman–Crippen MR) is 76.1 cm³/mol. The highest BCUT2D eigenvalue weighted by atomic mass is 79.9. The monoisotopic (exact) mass is 332 g/mol. The largest absolute Gasteiger partial charge is 0.459 e. The fourth-order valence-corrected chi connectivity index (χ4v) is 1.96. The summed E-state index contributed by atoms with van der Waals surface area (Å²) in [7, 11) is 0. The second kappa shape index (κ2) is 6.34. The van der Waals surface area contributed by atoms with Gasteiger partial charge in [-0.05, 0) is 48.8 Å². The average Bonchev–Trinajstić information content (AvgIpc) is 2.26. The summed E-state index contributed by atoms with van der Waals surface area (Å²) in [5.41, 5.74) is 6.29. The topological polar surface area (TPSA) is 64.3 Å². The summed E-state index contributed by atoms with van der Waals surface area (Å²) in [6, 6.07) is 2.78. The van der Waals surface area contributed by atoms with Crippen LogP contribution in [0.25, 0.3) is 0 Å². The molecule has 0 aliphatic rings. The quantitative estimate of drug-likeness (QED) is 0.657. The molecule has 1 aromatic carbocycles. The standard InChI is InChI=1S/C13H18BrFN2O2/c1-13(2,3)19-11(18)7-17-6-8-10(16)5-4-9(15)12(8)14/h4-5,17H,6-7,16H2,1-3H3. The summed E-state index contributed by atoms with van der Waals surface area (Å²) < 4.78 is 18.8. The lowest BCUT2D eigenvalue weighted by molar-refractivity contribution is -0.153. The van der Waals surface area contributed by atoms with E-state index in [-0.39, 0.29) is 24.9 Å². The molecular formula is C13H18BrFN2O2. The molecule has 0 aliphatic carbocycles. The first-order valence-corrected chi connectivity index (χ1v) is 6.65. The number of ether oxygens (including phenoxy) is 1. The SMILES string of the molecule is CC(C)(C)OC(=O)CNCc1c(N)ccc(F)c1Br. The number of carbonyl (C=O) groups is 1. The van der Waals surface area contributed by atoms with Crippen LogP contribution in [0.2, 0.25) is 0 Å². The van der Waals surface area contributed by atoms with Crippen LogP contribution in [0.5, 0.6) is 0 Å². The first-order valence-electron chi connectivity index (χ1n) is 5.85. The van der Waals surface area contributed by atoms with E-state index in [0.717, 1.165) is 0 Å². The molecule has 0 unspecified atom stereocenters. The maximum absolute atomic E-state index is 13.3. The van der Waals surface area contributed by atoms with Crippen molar-refractivity contribution in [3.8, 4) is 0 Å². The van der Waals surface area contributed by atoms with Crippen molar-refractivity contribution < 1.29 is 13.9 Å². The number of rotatable bonds is 4. The zero-order valence-corrected chi connectivity index (χ0v) is 12.8. The predicted octanol–water partition coefficient (Wildman–Crippen LogP) is 2.60. The van der Waals surface area contributed by atoms with Gasteiger partial charge in [0.1, 0.15) is 11.4 Å². The van der Waals surface area contributed by atoms with Crippen molar-refractivity contribution >= 4 is 27.6 Å². The van der Waals surface area contributed by atoms with Crippen LogP contribution in [-0.4, -0.2) is 18.1 Å². The fourth-order valence-electron chi connectivity index (χ4n) is 1.45. The lowest BCUT2D eigenvalue weighted by Crippen LogP contribution is -2.31. The highest BCUT2D eigenvalue weighted by molar-refractivity contribution is 9.10. The van der Waals surface area contributed by atoms with Gasteiger partial charge in [0, 0.05) is 17.8 Å². The van der Waals surface area contributed by atoms with Gasteiger partial charge in [0.2, 0.25) is 0 Å². The summed E-state index contributed by atoms with van der Waals surface area (Å²) in [5, 5.41) is 2.88.